The molecule has 15 heavy (non-hydrogen) atoms. The maximum Gasteiger partial charge on any atom is 0.270 e. The van der Waals surface area contributed by atoms with E-state index in [0.29, 0.717) is 16.6 Å². The van der Waals surface area contributed by atoms with Crippen LogP contribution in [0.25, 0.3) is 10.9 Å². The molecule has 1 aromatic heterocycles. The molecule has 0 spiro atoms. The third-order valence-electron chi connectivity index (χ3n) is 1.96. The van der Waals surface area contributed by atoms with Crippen molar-refractivity contribution in [2.75, 3.05) is 0 Å². The third-order valence-corrected chi connectivity index (χ3v) is 1.96. The van der Waals surface area contributed by atoms with E-state index in [1.54, 1.807) is 0 Å². The quantitative estimate of drug-likeness (QED) is 0.334. The van der Waals surface area contributed by atoms with E-state index in [2.05, 4.69) is 15.4 Å². The molecule has 2 aromatic rings. The van der Waals surface area contributed by atoms with Gasteiger partial charge in [-0.05, 0) is 6.07 Å². The second-order valence-electron chi connectivity index (χ2n) is 2.84. The maximum absolute atomic E-state index is 10.5. The van der Waals surface area contributed by atoms with Crippen LogP contribution in [0.15, 0.2) is 23.4 Å². The Labute approximate surface area is 83.2 Å². The second kappa shape index (κ2) is 3.37. The van der Waals surface area contributed by atoms with Crippen LogP contribution in [0.2, 0.25) is 0 Å². The number of aromatic nitrogens is 2. The first-order valence-electron chi connectivity index (χ1n) is 4.02. The molecule has 0 aliphatic heterocycles. The molecule has 1 heterocycles. The molecule has 1 aromatic carbocycles. The molecule has 76 valence electrons. The topological polar surface area (TPSA) is 104 Å². The molecule has 0 amide bonds. The largest absolute Gasteiger partial charge is 0.411 e. The molecule has 0 atom stereocenters. The summed E-state index contributed by atoms with van der Waals surface area (Å²) in [6, 6.07) is 4.26. The lowest BCUT2D eigenvalue weighted by molar-refractivity contribution is -0.384. The van der Waals surface area contributed by atoms with Crippen LogP contribution in [0, 0.1) is 10.1 Å². The highest BCUT2D eigenvalue weighted by atomic mass is 16.6. The molecule has 0 aliphatic carbocycles. The number of fused-ring (bicyclic) bond motifs is 1. The van der Waals surface area contributed by atoms with Gasteiger partial charge in [-0.25, -0.2) is 0 Å². The molecule has 2 N–H and O–H groups in total. The van der Waals surface area contributed by atoms with Gasteiger partial charge in [-0.3, -0.25) is 15.2 Å². The van der Waals surface area contributed by atoms with Crippen molar-refractivity contribution in [3.63, 3.8) is 0 Å². The SMILES string of the molecule is O=[N+]([O-])c1ccc2n[nH]c(C=NO)c2c1. The van der Waals surface area contributed by atoms with Crippen LogP contribution in [-0.2, 0) is 0 Å². The number of oxime groups is 1. The van der Waals surface area contributed by atoms with Gasteiger partial charge in [0.05, 0.1) is 22.3 Å². The number of hydrogen-bond acceptors (Lipinski definition) is 5. The zero-order chi connectivity index (χ0) is 10.8. The summed E-state index contributed by atoms with van der Waals surface area (Å²) < 4.78 is 0. The standard InChI is InChI=1S/C8H6N4O3/c13-9-4-8-6-3-5(12(14)15)1-2-7(6)10-11-8/h1-4,13H,(H,10,11). The summed E-state index contributed by atoms with van der Waals surface area (Å²) in [7, 11) is 0. The van der Waals surface area contributed by atoms with E-state index in [4.69, 9.17) is 5.21 Å². The van der Waals surface area contributed by atoms with Crippen LogP contribution in [0.3, 0.4) is 0 Å². The number of H-pyrrole nitrogens is 1. The number of nitrogens with one attached hydrogen (secondary N) is 1. The monoisotopic (exact) mass is 206 g/mol. The number of hydrogen-bond donors (Lipinski definition) is 2. The lowest BCUT2D eigenvalue weighted by atomic mass is 10.2. The van der Waals surface area contributed by atoms with Gasteiger partial charge in [-0.2, -0.15) is 5.10 Å². The van der Waals surface area contributed by atoms with E-state index >= 15 is 0 Å². The highest BCUT2D eigenvalue weighted by Gasteiger charge is 2.10. The Kier molecular flexibility index (Phi) is 2.05. The van der Waals surface area contributed by atoms with Crippen molar-refractivity contribution in [3.8, 4) is 0 Å². The van der Waals surface area contributed by atoms with Gasteiger partial charge in [0, 0.05) is 17.5 Å². The van der Waals surface area contributed by atoms with Gasteiger partial charge >= 0.3 is 0 Å². The van der Waals surface area contributed by atoms with Crippen LogP contribution in [0.5, 0.6) is 0 Å². The minimum absolute atomic E-state index is 0.0310. The van der Waals surface area contributed by atoms with Crippen molar-refractivity contribution in [1.82, 2.24) is 10.2 Å². The summed E-state index contributed by atoms with van der Waals surface area (Å²) in [6.45, 7) is 0. The lowest BCUT2D eigenvalue weighted by Crippen LogP contribution is -1.87. The summed E-state index contributed by atoms with van der Waals surface area (Å²) in [5, 5.41) is 28.8. The van der Waals surface area contributed by atoms with Crippen LogP contribution < -0.4 is 0 Å². The Bertz CT molecular complexity index is 546. The molecule has 0 fully saturated rings. The van der Waals surface area contributed by atoms with Crippen LogP contribution in [0.1, 0.15) is 5.69 Å². The Morgan fingerprint density at radius 1 is 1.60 bits per heavy atom. The number of nitro groups is 1. The fourth-order valence-corrected chi connectivity index (χ4v) is 1.29. The zero-order valence-corrected chi connectivity index (χ0v) is 7.41. The summed E-state index contributed by atoms with van der Waals surface area (Å²) in [4.78, 5) is 10.0. The lowest BCUT2D eigenvalue weighted by Gasteiger charge is -1.91. The fourth-order valence-electron chi connectivity index (χ4n) is 1.29. The van der Waals surface area contributed by atoms with Crippen molar-refractivity contribution < 1.29 is 10.1 Å². The Morgan fingerprint density at radius 3 is 3.07 bits per heavy atom. The number of non-ortho nitro benzene ring substituents is 1. The van der Waals surface area contributed by atoms with E-state index in [1.807, 2.05) is 0 Å². The molecule has 0 saturated carbocycles. The molecular weight excluding hydrogens is 200 g/mol. The molecule has 2 rings (SSSR count). The van der Waals surface area contributed by atoms with E-state index in [9.17, 15) is 10.1 Å². The molecular formula is C8H6N4O3. The first-order valence-corrected chi connectivity index (χ1v) is 4.02. The predicted molar refractivity (Wildman–Crippen MR) is 52.1 cm³/mol. The molecule has 0 saturated heterocycles. The normalized spacial score (nSPS) is 11.2. The average molecular weight is 206 g/mol. The van der Waals surface area contributed by atoms with E-state index in [0.717, 1.165) is 6.21 Å². The van der Waals surface area contributed by atoms with Crippen molar-refractivity contribution in [2.45, 2.75) is 0 Å². The number of aromatic amines is 1. The summed E-state index contributed by atoms with van der Waals surface area (Å²) in [5.41, 5.74) is 0.975. The van der Waals surface area contributed by atoms with Gasteiger partial charge in [-0.1, -0.05) is 5.16 Å². The van der Waals surface area contributed by atoms with Gasteiger partial charge in [0.15, 0.2) is 0 Å². The number of nitrogens with zero attached hydrogens (tertiary/aromatic N) is 3. The smallest absolute Gasteiger partial charge is 0.270 e. The van der Waals surface area contributed by atoms with Gasteiger partial charge in [-0.15, -0.1) is 0 Å². The zero-order valence-electron chi connectivity index (χ0n) is 7.41. The minimum Gasteiger partial charge on any atom is -0.411 e. The number of rotatable bonds is 2. The van der Waals surface area contributed by atoms with Crippen molar-refractivity contribution >= 4 is 22.8 Å². The molecule has 7 nitrogen and oxygen atoms in total. The van der Waals surface area contributed by atoms with Crippen molar-refractivity contribution in [2.24, 2.45) is 5.16 Å². The van der Waals surface area contributed by atoms with E-state index in [1.165, 1.54) is 18.2 Å². The van der Waals surface area contributed by atoms with Crippen LogP contribution >= 0.6 is 0 Å². The summed E-state index contributed by atoms with van der Waals surface area (Å²) in [5.74, 6) is 0. The summed E-state index contributed by atoms with van der Waals surface area (Å²) in [6.07, 6.45) is 1.14. The molecule has 7 heteroatoms. The second-order valence-corrected chi connectivity index (χ2v) is 2.84. The summed E-state index contributed by atoms with van der Waals surface area (Å²) >= 11 is 0. The van der Waals surface area contributed by atoms with Gasteiger partial charge < -0.3 is 5.21 Å². The molecule has 0 unspecified atom stereocenters. The first-order chi connectivity index (χ1) is 7.22. The average Bonchev–Trinajstić information content (AvgIpc) is 2.61. The molecule has 0 radical (unpaired) electrons. The van der Waals surface area contributed by atoms with Crippen LogP contribution in [-0.4, -0.2) is 26.5 Å². The van der Waals surface area contributed by atoms with E-state index < -0.39 is 4.92 Å². The maximum atomic E-state index is 10.5. The van der Waals surface area contributed by atoms with Crippen molar-refractivity contribution in [3.05, 3.63) is 34.0 Å². The Hall–Kier alpha value is -2.44. The van der Waals surface area contributed by atoms with Gasteiger partial charge in [0.2, 0.25) is 0 Å². The minimum atomic E-state index is -0.494. The highest BCUT2D eigenvalue weighted by molar-refractivity contribution is 5.97. The Morgan fingerprint density at radius 2 is 2.40 bits per heavy atom. The van der Waals surface area contributed by atoms with E-state index in [-0.39, 0.29) is 5.69 Å². The fraction of sp³-hybridized carbons (Fsp3) is 0. The number of nitro benzene ring substituents is 1. The van der Waals surface area contributed by atoms with Crippen LogP contribution in [0.4, 0.5) is 5.69 Å². The number of benzene rings is 1. The van der Waals surface area contributed by atoms with Gasteiger partial charge in [0.25, 0.3) is 5.69 Å². The Balaban J connectivity index is 2.66. The first kappa shape index (κ1) is 9.13. The van der Waals surface area contributed by atoms with Gasteiger partial charge in [0.1, 0.15) is 0 Å². The molecule has 0 aliphatic rings. The molecule has 0 bridgehead atoms. The van der Waals surface area contributed by atoms with Crippen molar-refractivity contribution in [1.29, 1.82) is 0 Å². The highest BCUT2D eigenvalue weighted by Crippen LogP contribution is 2.20. The third kappa shape index (κ3) is 1.50. The predicted octanol–water partition coefficient (Wildman–Crippen LogP) is 1.28.